The molecule has 2 aromatic heterocycles. The third-order valence-electron chi connectivity index (χ3n) is 9.34. The first-order valence-electron chi connectivity index (χ1n) is 16.1. The van der Waals surface area contributed by atoms with Crippen molar-refractivity contribution >= 4 is 17.7 Å². The van der Waals surface area contributed by atoms with E-state index in [-0.39, 0.29) is 11.7 Å². The Morgan fingerprint density at radius 2 is 1.21 bits per heavy atom. The van der Waals surface area contributed by atoms with E-state index in [1.807, 2.05) is 92.1 Å². The second kappa shape index (κ2) is 11.6. The molecule has 0 atom stereocenters. The molecule has 0 unspecified atom stereocenters. The number of nitrogens with one attached hydrogen (secondary N) is 1. The number of carbonyl (C=O) groups excluding carboxylic acids is 1. The molecular weight excluding hydrogens is 592 g/mol. The van der Waals surface area contributed by atoms with Crippen molar-refractivity contribution in [2.75, 3.05) is 26.2 Å². The Morgan fingerprint density at radius 3 is 1.68 bits per heavy atom. The average molecular weight is 631 g/mol. The van der Waals surface area contributed by atoms with Gasteiger partial charge >= 0.3 is 6.09 Å². The number of piperidine rings is 2. The van der Waals surface area contributed by atoms with Crippen LogP contribution in [0.15, 0.2) is 72.8 Å². The zero-order chi connectivity index (χ0) is 32.8. The molecule has 6 heterocycles. The van der Waals surface area contributed by atoms with E-state index in [4.69, 9.17) is 27.4 Å². The van der Waals surface area contributed by atoms with Crippen molar-refractivity contribution in [1.82, 2.24) is 19.4 Å². The van der Waals surface area contributed by atoms with Gasteiger partial charge in [0.05, 0.1) is 0 Å². The van der Waals surface area contributed by atoms with E-state index in [1.165, 1.54) is 0 Å². The first kappa shape index (κ1) is 30.5. The molecule has 0 radical (unpaired) electrons. The number of rotatable bonds is 0. The predicted octanol–water partition coefficient (Wildman–Crippen LogP) is 7.65. The molecule has 0 aliphatic carbocycles. The molecule has 2 aromatic carbocycles. The molecule has 0 bridgehead atoms. The number of nitrogens with zero attached hydrogens (tertiary/aromatic N) is 5. The molecule has 8 rings (SSSR count). The van der Waals surface area contributed by atoms with Gasteiger partial charge in [0, 0.05) is 38.8 Å². The van der Waals surface area contributed by atoms with Gasteiger partial charge in [-0.15, -0.1) is 0 Å². The standard InChI is InChI=1S/C21H23N3O3.C16H15N3O/c1-20(2,3)27-19(25)23-13-11-21(12-14-23)17-9-10-18(22-4)24(17)15-7-5-6-8-16(15)26-21;1-17-15-7-6-14-16(8-10-18-11-9-16)20-13-5-3-2-4-12(13)19(14)15/h5-10H,11-14H2,1-3H3;2-7,18H,8-11H2. The van der Waals surface area contributed by atoms with Crippen molar-refractivity contribution in [3.63, 3.8) is 0 Å². The number of benzene rings is 2. The van der Waals surface area contributed by atoms with Crippen LogP contribution in [0.1, 0.15) is 57.8 Å². The quantitative estimate of drug-likeness (QED) is 0.202. The first-order chi connectivity index (χ1) is 22.7. The zero-order valence-electron chi connectivity index (χ0n) is 27.0. The maximum absolute atomic E-state index is 12.4. The minimum absolute atomic E-state index is 0.286. The normalized spacial score (nSPS) is 18.0. The van der Waals surface area contributed by atoms with Crippen LogP contribution in [0, 0.1) is 13.1 Å². The molecule has 1 N–H and O–H groups in total. The van der Waals surface area contributed by atoms with Crippen LogP contribution in [0.4, 0.5) is 16.4 Å². The van der Waals surface area contributed by atoms with Gasteiger partial charge in [-0.2, -0.15) is 0 Å². The second-order valence-corrected chi connectivity index (χ2v) is 13.4. The zero-order valence-corrected chi connectivity index (χ0v) is 27.0. The van der Waals surface area contributed by atoms with Crippen LogP contribution in [0.3, 0.4) is 0 Å². The Morgan fingerprint density at radius 1 is 0.745 bits per heavy atom. The van der Waals surface area contributed by atoms with Crippen molar-refractivity contribution in [3.05, 3.63) is 107 Å². The predicted molar refractivity (Wildman–Crippen MR) is 178 cm³/mol. The molecule has 2 spiro atoms. The second-order valence-electron chi connectivity index (χ2n) is 13.4. The monoisotopic (exact) mass is 630 g/mol. The highest BCUT2D eigenvalue weighted by Crippen LogP contribution is 2.48. The summed E-state index contributed by atoms with van der Waals surface area (Å²) < 4.78 is 22.4. The van der Waals surface area contributed by atoms with E-state index in [0.717, 1.165) is 60.2 Å². The highest BCUT2D eigenvalue weighted by atomic mass is 16.6. The Kier molecular flexibility index (Phi) is 7.49. The van der Waals surface area contributed by atoms with Crippen LogP contribution < -0.4 is 14.8 Å². The Hall–Kier alpha value is -5.19. The third-order valence-corrected chi connectivity index (χ3v) is 9.34. The van der Waals surface area contributed by atoms with Gasteiger partial charge in [-0.3, -0.25) is 9.13 Å². The molecule has 47 heavy (non-hydrogen) atoms. The van der Waals surface area contributed by atoms with Crippen LogP contribution in [-0.4, -0.2) is 51.9 Å². The Bertz CT molecular complexity index is 1910. The number of amides is 1. The third kappa shape index (κ3) is 5.29. The molecule has 240 valence electrons. The molecule has 2 saturated heterocycles. The summed E-state index contributed by atoms with van der Waals surface area (Å²) in [6.07, 6.45) is 2.89. The summed E-state index contributed by atoms with van der Waals surface area (Å²) in [5, 5.41) is 3.38. The smallest absolute Gasteiger partial charge is 0.410 e. The molecule has 10 nitrogen and oxygen atoms in total. The number of ether oxygens (including phenoxy) is 3. The SMILES string of the molecule is [C-]#[N+]c1ccc2n1-c1ccccc1OC21CCN(C(=O)OC(C)(C)C)CC1.[C-]#[N+]c1ccc2n1-c1ccccc1OC21CCNCC1. The highest BCUT2D eigenvalue weighted by molar-refractivity contribution is 5.68. The fourth-order valence-electron chi connectivity index (χ4n) is 7.15. The lowest BCUT2D eigenvalue weighted by molar-refractivity contribution is -0.0267. The van der Waals surface area contributed by atoms with E-state index in [2.05, 4.69) is 25.6 Å². The van der Waals surface area contributed by atoms with Gasteiger partial charge in [0.1, 0.15) is 17.0 Å². The Labute approximate surface area is 275 Å². The van der Waals surface area contributed by atoms with Gasteiger partial charge in [0.2, 0.25) is 11.6 Å². The number of carbonyl (C=O) groups is 1. The number of hydrogen-bond acceptors (Lipinski definition) is 5. The van der Waals surface area contributed by atoms with E-state index >= 15 is 0 Å². The van der Waals surface area contributed by atoms with Crippen molar-refractivity contribution in [2.24, 2.45) is 0 Å². The van der Waals surface area contributed by atoms with Crippen molar-refractivity contribution < 1.29 is 19.0 Å². The molecule has 4 aliphatic rings. The van der Waals surface area contributed by atoms with Crippen LogP contribution in [0.2, 0.25) is 0 Å². The maximum atomic E-state index is 12.4. The summed E-state index contributed by atoms with van der Waals surface area (Å²) in [5.41, 5.74) is 2.63. The number of aromatic nitrogens is 2. The number of para-hydroxylation sites is 4. The summed E-state index contributed by atoms with van der Waals surface area (Å²) >= 11 is 0. The number of hydrogen-bond donors (Lipinski definition) is 1. The van der Waals surface area contributed by atoms with Crippen molar-refractivity contribution in [3.8, 4) is 22.9 Å². The maximum Gasteiger partial charge on any atom is 0.410 e. The van der Waals surface area contributed by atoms with Crippen molar-refractivity contribution in [1.29, 1.82) is 0 Å². The molecule has 4 aliphatic heterocycles. The van der Waals surface area contributed by atoms with Crippen LogP contribution in [-0.2, 0) is 15.9 Å². The lowest BCUT2D eigenvalue weighted by Crippen LogP contribution is -2.50. The van der Waals surface area contributed by atoms with Gasteiger partial charge in [-0.05, 0) is 82.4 Å². The van der Waals surface area contributed by atoms with E-state index in [0.29, 0.717) is 37.6 Å². The molecular formula is C37H38N6O4. The van der Waals surface area contributed by atoms with Gasteiger partial charge < -0.3 is 34.1 Å². The summed E-state index contributed by atoms with van der Waals surface area (Å²) in [6, 6.07) is 23.5. The van der Waals surface area contributed by atoms with Gasteiger partial charge in [-0.1, -0.05) is 37.4 Å². The van der Waals surface area contributed by atoms with Gasteiger partial charge in [0.15, 0.2) is 34.1 Å². The fourth-order valence-corrected chi connectivity index (χ4v) is 7.15. The summed E-state index contributed by atoms with van der Waals surface area (Å²) in [4.78, 5) is 21.5. The Balaban J connectivity index is 0.000000156. The fraction of sp³-hybridized carbons (Fsp3) is 0.378. The van der Waals surface area contributed by atoms with Gasteiger partial charge in [-0.25, -0.2) is 4.79 Å². The number of fused-ring (bicyclic) bond motifs is 8. The van der Waals surface area contributed by atoms with Crippen LogP contribution >= 0.6 is 0 Å². The molecule has 2 fully saturated rings. The molecule has 1 amide bonds. The van der Waals surface area contributed by atoms with Crippen LogP contribution in [0.25, 0.3) is 21.1 Å². The molecule has 0 saturated carbocycles. The van der Waals surface area contributed by atoms with Gasteiger partial charge in [0.25, 0.3) is 0 Å². The van der Waals surface area contributed by atoms with Crippen molar-refractivity contribution in [2.45, 2.75) is 63.3 Å². The molecule has 10 heteroatoms. The van der Waals surface area contributed by atoms with E-state index < -0.39 is 11.2 Å². The average Bonchev–Trinajstić information content (AvgIpc) is 3.72. The molecule has 4 aromatic rings. The minimum atomic E-state index is -0.532. The summed E-state index contributed by atoms with van der Waals surface area (Å²) in [7, 11) is 0. The highest BCUT2D eigenvalue weighted by Gasteiger charge is 2.48. The lowest BCUT2D eigenvalue weighted by atomic mass is 9.86. The number of likely N-dealkylation sites (tertiary alicyclic amines) is 1. The van der Waals surface area contributed by atoms with E-state index in [9.17, 15) is 4.79 Å². The topological polar surface area (TPSA) is 78.6 Å². The largest absolute Gasteiger partial charge is 0.474 e. The summed E-state index contributed by atoms with van der Waals surface area (Å²) in [5.74, 6) is 2.89. The minimum Gasteiger partial charge on any atom is -0.474 e. The lowest BCUT2D eigenvalue weighted by Gasteiger charge is -2.43. The first-order valence-corrected chi connectivity index (χ1v) is 16.1. The van der Waals surface area contributed by atoms with E-state index in [1.54, 1.807) is 4.90 Å². The van der Waals surface area contributed by atoms with Crippen LogP contribution in [0.5, 0.6) is 11.5 Å². The summed E-state index contributed by atoms with van der Waals surface area (Å²) in [6.45, 7) is 23.5.